The van der Waals surface area contributed by atoms with Crippen molar-refractivity contribution >= 4 is 29.5 Å². The molecule has 8 heteroatoms. The molecular weight excluding hydrogens is 306 g/mol. The van der Waals surface area contributed by atoms with Crippen molar-refractivity contribution in [2.75, 3.05) is 0 Å². The van der Waals surface area contributed by atoms with E-state index in [0.29, 0.717) is 12.8 Å². The van der Waals surface area contributed by atoms with Crippen LogP contribution in [0.1, 0.15) is 39.5 Å². The second-order valence-corrected chi connectivity index (χ2v) is 8.68. The Morgan fingerprint density at radius 2 is 1.95 bits per heavy atom. The van der Waals surface area contributed by atoms with Crippen molar-refractivity contribution < 1.29 is 19.5 Å². The van der Waals surface area contributed by atoms with E-state index in [2.05, 4.69) is 5.32 Å². The van der Waals surface area contributed by atoms with Crippen LogP contribution in [0, 0.1) is 0 Å². The molecule has 0 aromatic heterocycles. The molecule has 0 unspecified atom stereocenters. The van der Waals surface area contributed by atoms with Gasteiger partial charge in [-0.05, 0) is 26.7 Å². The summed E-state index contributed by atoms with van der Waals surface area (Å²) in [6.45, 7) is 3.62. The summed E-state index contributed by atoms with van der Waals surface area (Å²) in [5, 5.41) is 11.8. The molecule has 1 aliphatic carbocycles. The quantitative estimate of drug-likeness (QED) is 0.624. The molecule has 3 atom stereocenters. The number of β-lactam (4-membered cyclic amide) rings is 1. The van der Waals surface area contributed by atoms with Gasteiger partial charge in [0.15, 0.2) is 0 Å². The highest BCUT2D eigenvalue weighted by Crippen LogP contribution is 2.50. The topological polar surface area (TPSA) is 113 Å². The van der Waals surface area contributed by atoms with Gasteiger partial charge in [0.2, 0.25) is 11.8 Å². The fourth-order valence-corrected chi connectivity index (χ4v) is 5.29. The van der Waals surface area contributed by atoms with Gasteiger partial charge in [-0.25, -0.2) is 4.79 Å². The molecule has 2 heterocycles. The van der Waals surface area contributed by atoms with Gasteiger partial charge in [0, 0.05) is 4.75 Å². The van der Waals surface area contributed by atoms with Crippen molar-refractivity contribution in [3.05, 3.63) is 0 Å². The average Bonchev–Trinajstić information content (AvgIpc) is 2.96. The van der Waals surface area contributed by atoms with Crippen LogP contribution in [0.25, 0.3) is 0 Å². The minimum absolute atomic E-state index is 0.291. The van der Waals surface area contributed by atoms with E-state index in [9.17, 15) is 19.5 Å². The molecule has 1 saturated carbocycles. The normalized spacial score (nSPS) is 35.0. The first kappa shape index (κ1) is 15.6. The van der Waals surface area contributed by atoms with Gasteiger partial charge in [0.1, 0.15) is 17.5 Å². The molecule has 3 aliphatic rings. The van der Waals surface area contributed by atoms with Gasteiger partial charge in [-0.15, -0.1) is 11.8 Å². The van der Waals surface area contributed by atoms with Gasteiger partial charge in [0.05, 0.1) is 5.54 Å². The van der Waals surface area contributed by atoms with E-state index >= 15 is 0 Å². The van der Waals surface area contributed by atoms with E-state index in [1.165, 1.54) is 16.7 Å². The minimum Gasteiger partial charge on any atom is -0.480 e. The van der Waals surface area contributed by atoms with Gasteiger partial charge < -0.3 is 21.1 Å². The van der Waals surface area contributed by atoms with Crippen LogP contribution in [-0.4, -0.2) is 55.5 Å². The van der Waals surface area contributed by atoms with Crippen LogP contribution < -0.4 is 11.1 Å². The van der Waals surface area contributed by atoms with E-state index in [4.69, 9.17) is 5.73 Å². The first-order valence-electron chi connectivity index (χ1n) is 7.50. The van der Waals surface area contributed by atoms with Crippen molar-refractivity contribution in [2.24, 2.45) is 5.73 Å². The fourth-order valence-electron chi connectivity index (χ4n) is 3.66. The van der Waals surface area contributed by atoms with Crippen molar-refractivity contribution in [2.45, 2.75) is 67.3 Å². The molecule has 4 N–H and O–H groups in total. The number of carbonyl (C=O) groups excluding carboxylic acids is 2. The lowest BCUT2D eigenvalue weighted by atomic mass is 9.94. The standard InChI is InChI=1S/C14H21N3O4S/c1-13(2)8(11(19)20)17-9(18)7(10(17)22-13)16-12(21)14(15)5-3-4-6-14/h7-8,10H,3-6,15H2,1-2H3,(H,16,21)(H,19,20)/t7-,8+,10-/m1/s1. The minimum atomic E-state index is -1.01. The number of amides is 2. The molecule has 22 heavy (non-hydrogen) atoms. The summed E-state index contributed by atoms with van der Waals surface area (Å²) in [5.74, 6) is -1.63. The molecule has 0 aromatic carbocycles. The summed E-state index contributed by atoms with van der Waals surface area (Å²) < 4.78 is -0.584. The van der Waals surface area contributed by atoms with Crippen molar-refractivity contribution in [1.82, 2.24) is 10.2 Å². The number of hydrogen-bond acceptors (Lipinski definition) is 5. The number of fused-ring (bicyclic) bond motifs is 1. The van der Waals surface area contributed by atoms with Crippen LogP contribution in [0.4, 0.5) is 0 Å². The van der Waals surface area contributed by atoms with Crippen LogP contribution in [0.2, 0.25) is 0 Å². The maximum atomic E-state index is 12.3. The van der Waals surface area contributed by atoms with Gasteiger partial charge in [-0.2, -0.15) is 0 Å². The number of nitrogens with two attached hydrogens (primary N) is 1. The smallest absolute Gasteiger partial charge is 0.327 e. The zero-order valence-electron chi connectivity index (χ0n) is 12.7. The molecule has 0 spiro atoms. The summed E-state index contributed by atoms with van der Waals surface area (Å²) in [5.41, 5.74) is 5.22. The molecular formula is C14H21N3O4S. The van der Waals surface area contributed by atoms with E-state index in [1.54, 1.807) is 0 Å². The number of aliphatic carboxylic acids is 1. The number of carbonyl (C=O) groups is 3. The summed E-state index contributed by atoms with van der Waals surface area (Å²) in [6, 6.07) is -1.52. The molecule has 0 bridgehead atoms. The summed E-state index contributed by atoms with van der Waals surface area (Å²) in [7, 11) is 0. The third-order valence-electron chi connectivity index (χ3n) is 4.91. The predicted octanol–water partition coefficient (Wildman–Crippen LogP) is -0.110. The lowest BCUT2D eigenvalue weighted by Crippen LogP contribution is -2.72. The number of nitrogens with zero attached hydrogens (tertiary/aromatic N) is 1. The van der Waals surface area contributed by atoms with E-state index in [0.717, 1.165) is 12.8 Å². The van der Waals surface area contributed by atoms with Gasteiger partial charge in [-0.1, -0.05) is 12.8 Å². The Bertz CT molecular complexity index is 544. The van der Waals surface area contributed by atoms with Crippen LogP contribution in [0.3, 0.4) is 0 Å². The van der Waals surface area contributed by atoms with Gasteiger partial charge in [0.25, 0.3) is 0 Å². The van der Waals surface area contributed by atoms with E-state index < -0.39 is 28.3 Å². The Labute approximate surface area is 133 Å². The lowest BCUT2D eigenvalue weighted by molar-refractivity contribution is -0.161. The zero-order chi connectivity index (χ0) is 16.3. The van der Waals surface area contributed by atoms with Crippen molar-refractivity contribution in [3.63, 3.8) is 0 Å². The van der Waals surface area contributed by atoms with Crippen LogP contribution in [-0.2, 0) is 14.4 Å². The zero-order valence-corrected chi connectivity index (χ0v) is 13.5. The Hall–Kier alpha value is -1.28. The van der Waals surface area contributed by atoms with Gasteiger partial charge >= 0.3 is 5.97 Å². The molecule has 0 radical (unpaired) electrons. The SMILES string of the molecule is CC1(C)S[C@@H]2[C@H](NC(=O)C3(N)CCCC3)C(=O)N2[C@H]1C(=O)O. The average molecular weight is 327 g/mol. The first-order valence-corrected chi connectivity index (χ1v) is 8.38. The maximum Gasteiger partial charge on any atom is 0.327 e. The van der Waals surface area contributed by atoms with E-state index in [-0.39, 0.29) is 17.2 Å². The second kappa shape index (κ2) is 4.86. The number of thioether (sulfide) groups is 1. The molecule has 2 aliphatic heterocycles. The summed E-state index contributed by atoms with van der Waals surface area (Å²) >= 11 is 1.42. The van der Waals surface area contributed by atoms with Crippen molar-refractivity contribution in [3.8, 4) is 0 Å². The fraction of sp³-hybridized carbons (Fsp3) is 0.786. The third kappa shape index (κ3) is 2.11. The largest absolute Gasteiger partial charge is 0.480 e. The molecule has 0 aromatic rings. The number of carboxylic acid groups (broad SMARTS) is 1. The highest BCUT2D eigenvalue weighted by atomic mass is 32.2. The lowest BCUT2D eigenvalue weighted by Gasteiger charge is -2.44. The number of rotatable bonds is 3. The van der Waals surface area contributed by atoms with Gasteiger partial charge in [-0.3, -0.25) is 9.59 Å². The molecule has 2 saturated heterocycles. The highest BCUT2D eigenvalue weighted by Gasteiger charge is 2.64. The molecule has 7 nitrogen and oxygen atoms in total. The van der Waals surface area contributed by atoms with Crippen LogP contribution in [0.15, 0.2) is 0 Å². The van der Waals surface area contributed by atoms with E-state index in [1.807, 2.05) is 13.8 Å². The summed E-state index contributed by atoms with van der Waals surface area (Å²) in [6.07, 6.45) is 3.09. The second-order valence-electron chi connectivity index (χ2n) is 6.91. The van der Waals surface area contributed by atoms with Crippen LogP contribution >= 0.6 is 11.8 Å². The highest BCUT2D eigenvalue weighted by molar-refractivity contribution is 8.01. The maximum absolute atomic E-state index is 12.3. The predicted molar refractivity (Wildman–Crippen MR) is 81.0 cm³/mol. The third-order valence-corrected chi connectivity index (χ3v) is 6.48. The molecule has 122 valence electrons. The molecule has 3 rings (SSSR count). The Kier molecular flexibility index (Phi) is 3.45. The van der Waals surface area contributed by atoms with Crippen LogP contribution in [0.5, 0.6) is 0 Å². The van der Waals surface area contributed by atoms with Crippen molar-refractivity contribution in [1.29, 1.82) is 0 Å². The molecule has 3 fully saturated rings. The molecule has 2 amide bonds. The number of nitrogens with one attached hydrogen (secondary N) is 1. The Morgan fingerprint density at radius 1 is 1.36 bits per heavy atom. The number of carboxylic acids is 1. The Balaban J connectivity index is 1.73. The monoisotopic (exact) mass is 327 g/mol. The summed E-state index contributed by atoms with van der Waals surface area (Å²) in [4.78, 5) is 37.4. The Morgan fingerprint density at radius 3 is 2.50 bits per heavy atom. The number of hydrogen-bond donors (Lipinski definition) is 3. The first-order chi connectivity index (χ1) is 10.2.